The summed E-state index contributed by atoms with van der Waals surface area (Å²) in [7, 11) is 0. The first-order valence-electron chi connectivity index (χ1n) is 7.01. The van der Waals surface area contributed by atoms with E-state index in [1.165, 1.54) is 0 Å². The molecule has 0 aromatic carbocycles. The zero-order valence-corrected chi connectivity index (χ0v) is 11.4. The van der Waals surface area contributed by atoms with E-state index in [9.17, 15) is 4.79 Å². The molecule has 6 heteroatoms. The molecule has 0 radical (unpaired) electrons. The SMILES string of the molecule is O=C(OC1CCOC1)N1CCN(c2ccncc2)CC1. The Bertz CT molecular complexity index is 440. The minimum Gasteiger partial charge on any atom is -0.444 e. The third kappa shape index (κ3) is 3.01. The highest BCUT2D eigenvalue weighted by atomic mass is 16.6. The quantitative estimate of drug-likeness (QED) is 0.811. The molecule has 0 saturated carbocycles. The number of aromatic nitrogens is 1. The smallest absolute Gasteiger partial charge is 0.410 e. The number of pyridine rings is 1. The van der Waals surface area contributed by atoms with Crippen molar-refractivity contribution in [3.05, 3.63) is 24.5 Å². The van der Waals surface area contributed by atoms with Crippen LogP contribution in [0, 0.1) is 0 Å². The summed E-state index contributed by atoms with van der Waals surface area (Å²) in [5, 5.41) is 0. The van der Waals surface area contributed by atoms with Crippen molar-refractivity contribution in [1.29, 1.82) is 0 Å². The van der Waals surface area contributed by atoms with Crippen molar-refractivity contribution in [1.82, 2.24) is 9.88 Å². The molecule has 3 heterocycles. The highest BCUT2D eigenvalue weighted by Gasteiger charge is 2.26. The van der Waals surface area contributed by atoms with Gasteiger partial charge < -0.3 is 19.3 Å². The average Bonchev–Trinajstić information content (AvgIpc) is 3.01. The van der Waals surface area contributed by atoms with Gasteiger partial charge in [-0.05, 0) is 12.1 Å². The number of carbonyl (C=O) groups is 1. The van der Waals surface area contributed by atoms with Crippen molar-refractivity contribution in [2.75, 3.05) is 44.3 Å². The molecule has 2 aliphatic heterocycles. The van der Waals surface area contributed by atoms with Gasteiger partial charge in [-0.2, -0.15) is 0 Å². The molecule has 2 fully saturated rings. The van der Waals surface area contributed by atoms with Gasteiger partial charge in [0.25, 0.3) is 0 Å². The highest BCUT2D eigenvalue weighted by Crippen LogP contribution is 2.16. The topological polar surface area (TPSA) is 54.9 Å². The molecular formula is C14H19N3O3. The van der Waals surface area contributed by atoms with E-state index in [0.29, 0.717) is 26.3 Å². The first-order valence-corrected chi connectivity index (χ1v) is 7.01. The van der Waals surface area contributed by atoms with E-state index in [0.717, 1.165) is 25.2 Å². The lowest BCUT2D eigenvalue weighted by Gasteiger charge is -2.35. The summed E-state index contributed by atoms with van der Waals surface area (Å²) in [6.07, 6.45) is 4.10. The Kier molecular flexibility index (Phi) is 4.01. The minimum atomic E-state index is -0.213. The standard InChI is InChI=1S/C14H19N3O3/c18-14(20-13-3-10-19-11-13)17-8-6-16(7-9-17)12-1-4-15-5-2-12/h1-2,4-5,13H,3,6-11H2. The number of rotatable bonds is 2. The number of amides is 1. The van der Waals surface area contributed by atoms with Gasteiger partial charge in [0.1, 0.15) is 6.10 Å². The molecule has 0 N–H and O–H groups in total. The molecule has 0 bridgehead atoms. The fourth-order valence-electron chi connectivity index (χ4n) is 2.53. The molecule has 6 nitrogen and oxygen atoms in total. The average molecular weight is 277 g/mol. The van der Waals surface area contributed by atoms with Gasteiger partial charge in [0.2, 0.25) is 0 Å². The van der Waals surface area contributed by atoms with Crippen molar-refractivity contribution in [2.45, 2.75) is 12.5 Å². The van der Waals surface area contributed by atoms with Gasteiger partial charge in [-0.25, -0.2) is 4.79 Å². The lowest BCUT2D eigenvalue weighted by molar-refractivity contribution is 0.0534. The third-order valence-corrected chi connectivity index (χ3v) is 3.72. The molecule has 1 atom stereocenters. The highest BCUT2D eigenvalue weighted by molar-refractivity contribution is 5.68. The molecule has 108 valence electrons. The molecule has 1 amide bonds. The molecule has 0 aliphatic carbocycles. The van der Waals surface area contributed by atoms with E-state index in [4.69, 9.17) is 9.47 Å². The summed E-state index contributed by atoms with van der Waals surface area (Å²) in [6, 6.07) is 3.98. The Labute approximate surface area is 118 Å². The van der Waals surface area contributed by atoms with Crippen LogP contribution in [0.2, 0.25) is 0 Å². The summed E-state index contributed by atoms with van der Waals surface area (Å²) < 4.78 is 10.6. The van der Waals surface area contributed by atoms with Crippen molar-refractivity contribution >= 4 is 11.8 Å². The van der Waals surface area contributed by atoms with Gasteiger partial charge in [-0.3, -0.25) is 4.98 Å². The largest absolute Gasteiger partial charge is 0.444 e. The van der Waals surface area contributed by atoms with Gasteiger partial charge in [-0.1, -0.05) is 0 Å². The lowest BCUT2D eigenvalue weighted by Crippen LogP contribution is -2.49. The third-order valence-electron chi connectivity index (χ3n) is 3.72. The molecule has 3 rings (SSSR count). The second-order valence-electron chi connectivity index (χ2n) is 5.05. The maximum atomic E-state index is 12.0. The normalized spacial score (nSPS) is 22.9. The first kappa shape index (κ1) is 13.2. The predicted octanol–water partition coefficient (Wildman–Crippen LogP) is 1.13. The maximum Gasteiger partial charge on any atom is 0.410 e. The van der Waals surface area contributed by atoms with Crippen molar-refractivity contribution in [3.8, 4) is 0 Å². The first-order chi connectivity index (χ1) is 9.83. The number of hydrogen-bond acceptors (Lipinski definition) is 5. The Morgan fingerprint density at radius 3 is 2.65 bits per heavy atom. The van der Waals surface area contributed by atoms with E-state index in [1.807, 2.05) is 12.1 Å². The van der Waals surface area contributed by atoms with Gasteiger partial charge in [-0.15, -0.1) is 0 Å². The van der Waals surface area contributed by atoms with Gasteiger partial charge in [0, 0.05) is 50.7 Å². The summed E-state index contributed by atoms with van der Waals surface area (Å²) in [4.78, 5) is 20.1. The molecular weight excluding hydrogens is 258 g/mol. The van der Waals surface area contributed by atoms with Crippen molar-refractivity contribution in [2.24, 2.45) is 0 Å². The summed E-state index contributed by atoms with van der Waals surface area (Å²) >= 11 is 0. The number of carbonyl (C=O) groups excluding carboxylic acids is 1. The Morgan fingerprint density at radius 2 is 2.00 bits per heavy atom. The van der Waals surface area contributed by atoms with Crippen LogP contribution < -0.4 is 4.90 Å². The van der Waals surface area contributed by atoms with Crippen LogP contribution in [-0.2, 0) is 9.47 Å². The van der Waals surface area contributed by atoms with Crippen LogP contribution in [0.25, 0.3) is 0 Å². The number of piperazine rings is 1. The van der Waals surface area contributed by atoms with Gasteiger partial charge in [0.05, 0.1) is 13.2 Å². The van der Waals surface area contributed by atoms with Crippen LogP contribution in [0.1, 0.15) is 6.42 Å². The monoisotopic (exact) mass is 277 g/mol. The second kappa shape index (κ2) is 6.09. The van der Waals surface area contributed by atoms with Crippen LogP contribution in [-0.4, -0.2) is 61.5 Å². The van der Waals surface area contributed by atoms with E-state index < -0.39 is 0 Å². The molecule has 1 unspecified atom stereocenters. The molecule has 20 heavy (non-hydrogen) atoms. The fourth-order valence-corrected chi connectivity index (χ4v) is 2.53. The van der Waals surface area contributed by atoms with E-state index in [-0.39, 0.29) is 12.2 Å². The second-order valence-corrected chi connectivity index (χ2v) is 5.05. The van der Waals surface area contributed by atoms with Crippen molar-refractivity contribution in [3.63, 3.8) is 0 Å². The van der Waals surface area contributed by atoms with Crippen LogP contribution in [0.15, 0.2) is 24.5 Å². The lowest BCUT2D eigenvalue weighted by atomic mass is 10.3. The number of nitrogens with zero attached hydrogens (tertiary/aromatic N) is 3. The van der Waals surface area contributed by atoms with Gasteiger partial charge >= 0.3 is 6.09 Å². The molecule has 2 saturated heterocycles. The maximum absolute atomic E-state index is 12.0. The molecule has 1 aromatic heterocycles. The fraction of sp³-hybridized carbons (Fsp3) is 0.571. The van der Waals surface area contributed by atoms with Gasteiger partial charge in [0.15, 0.2) is 0 Å². The molecule has 1 aromatic rings. The van der Waals surface area contributed by atoms with E-state index >= 15 is 0 Å². The zero-order valence-electron chi connectivity index (χ0n) is 11.4. The number of anilines is 1. The van der Waals surface area contributed by atoms with Crippen LogP contribution in [0.5, 0.6) is 0 Å². The molecule has 0 spiro atoms. The van der Waals surface area contributed by atoms with E-state index in [2.05, 4.69) is 9.88 Å². The predicted molar refractivity (Wildman–Crippen MR) is 73.7 cm³/mol. The van der Waals surface area contributed by atoms with Crippen molar-refractivity contribution < 1.29 is 14.3 Å². The summed E-state index contributed by atoms with van der Waals surface area (Å²) in [5.41, 5.74) is 1.15. The zero-order chi connectivity index (χ0) is 13.8. The summed E-state index contributed by atoms with van der Waals surface area (Å²) in [6.45, 7) is 4.24. The Hall–Kier alpha value is -1.82. The van der Waals surface area contributed by atoms with Crippen LogP contribution in [0.3, 0.4) is 0 Å². The molecule has 2 aliphatic rings. The minimum absolute atomic E-state index is 0.0688. The Morgan fingerprint density at radius 1 is 1.25 bits per heavy atom. The van der Waals surface area contributed by atoms with Crippen LogP contribution >= 0.6 is 0 Å². The Balaban J connectivity index is 1.49. The number of hydrogen-bond donors (Lipinski definition) is 0. The van der Waals surface area contributed by atoms with E-state index in [1.54, 1.807) is 17.3 Å². The number of ether oxygens (including phenoxy) is 2. The van der Waals surface area contributed by atoms with Crippen LogP contribution in [0.4, 0.5) is 10.5 Å². The summed E-state index contributed by atoms with van der Waals surface area (Å²) in [5.74, 6) is 0.